The second-order valence-corrected chi connectivity index (χ2v) is 6.14. The van der Waals surface area contributed by atoms with Gasteiger partial charge in [-0.15, -0.1) is 0 Å². The van der Waals surface area contributed by atoms with Gasteiger partial charge in [-0.3, -0.25) is 10.1 Å². The first-order chi connectivity index (χ1) is 9.81. The second kappa shape index (κ2) is 7.34. The third-order valence-electron chi connectivity index (χ3n) is 3.08. The Morgan fingerprint density at radius 2 is 1.95 bits per heavy atom. The number of likely N-dealkylation sites (N-methyl/N-ethyl adjacent to an activating group) is 1. The topological polar surface area (TPSA) is 119 Å². The normalized spacial score (nSPS) is 11.8. The van der Waals surface area contributed by atoms with Crippen LogP contribution in [-0.4, -0.2) is 44.4 Å². The van der Waals surface area contributed by atoms with Crippen LogP contribution in [0.1, 0.15) is 13.8 Å². The van der Waals surface area contributed by atoms with E-state index in [1.165, 1.54) is 6.07 Å². The molecule has 0 spiro atoms. The summed E-state index contributed by atoms with van der Waals surface area (Å²) < 4.78 is 26.7. The maximum absolute atomic E-state index is 12.2. The van der Waals surface area contributed by atoms with Gasteiger partial charge < -0.3 is 10.6 Å². The summed E-state index contributed by atoms with van der Waals surface area (Å²) >= 11 is 0. The Labute approximate surface area is 124 Å². The molecule has 0 fully saturated rings. The van der Waals surface area contributed by atoms with E-state index in [1.807, 2.05) is 18.7 Å². The van der Waals surface area contributed by atoms with Crippen molar-refractivity contribution in [3.05, 3.63) is 28.3 Å². The van der Waals surface area contributed by atoms with Crippen LogP contribution in [0.4, 0.5) is 11.4 Å². The Bertz CT molecular complexity index is 599. The van der Waals surface area contributed by atoms with Gasteiger partial charge >= 0.3 is 0 Å². The Balaban J connectivity index is 2.91. The molecule has 0 aliphatic rings. The maximum atomic E-state index is 12.2. The van der Waals surface area contributed by atoms with Gasteiger partial charge in [-0.05, 0) is 25.2 Å². The number of anilines is 1. The largest absolute Gasteiger partial charge is 0.399 e. The molecule has 0 unspecified atom stereocenters. The fraction of sp³-hybridized carbons (Fsp3) is 0.500. The van der Waals surface area contributed by atoms with Gasteiger partial charge in [0.05, 0.1) is 4.92 Å². The van der Waals surface area contributed by atoms with E-state index in [0.717, 1.165) is 25.2 Å². The molecule has 0 heterocycles. The lowest BCUT2D eigenvalue weighted by molar-refractivity contribution is -0.387. The van der Waals surface area contributed by atoms with Gasteiger partial charge in [0.15, 0.2) is 4.90 Å². The van der Waals surface area contributed by atoms with Gasteiger partial charge in [0.25, 0.3) is 5.69 Å². The molecule has 0 radical (unpaired) electrons. The van der Waals surface area contributed by atoms with Crippen molar-refractivity contribution in [3.8, 4) is 0 Å². The molecule has 9 heteroatoms. The number of nitrogens with zero attached hydrogens (tertiary/aromatic N) is 2. The van der Waals surface area contributed by atoms with E-state index >= 15 is 0 Å². The predicted octanol–water partition coefficient (Wildman–Crippen LogP) is 0.797. The smallest absolute Gasteiger partial charge is 0.291 e. The average Bonchev–Trinajstić information content (AvgIpc) is 2.43. The summed E-state index contributed by atoms with van der Waals surface area (Å²) in [5, 5.41) is 10.9. The second-order valence-electron chi connectivity index (χ2n) is 4.41. The van der Waals surface area contributed by atoms with E-state index in [0.29, 0.717) is 6.54 Å². The Hall–Kier alpha value is -1.71. The zero-order valence-electron chi connectivity index (χ0n) is 12.1. The third-order valence-corrected chi connectivity index (χ3v) is 4.59. The van der Waals surface area contributed by atoms with E-state index in [1.54, 1.807) is 0 Å². The zero-order chi connectivity index (χ0) is 16.0. The summed E-state index contributed by atoms with van der Waals surface area (Å²) in [7, 11) is -3.94. The number of benzene rings is 1. The van der Waals surface area contributed by atoms with Gasteiger partial charge in [0, 0.05) is 24.8 Å². The van der Waals surface area contributed by atoms with Crippen molar-refractivity contribution in [2.45, 2.75) is 18.7 Å². The third kappa shape index (κ3) is 4.66. The van der Waals surface area contributed by atoms with Crippen LogP contribution in [0.15, 0.2) is 23.1 Å². The minimum Gasteiger partial charge on any atom is -0.399 e. The molecule has 1 aromatic rings. The fourth-order valence-electron chi connectivity index (χ4n) is 1.86. The van der Waals surface area contributed by atoms with E-state index in [-0.39, 0.29) is 17.1 Å². The summed E-state index contributed by atoms with van der Waals surface area (Å²) in [6.07, 6.45) is 0. The lowest BCUT2D eigenvalue weighted by atomic mass is 10.3. The van der Waals surface area contributed by atoms with Gasteiger partial charge in [-0.1, -0.05) is 13.8 Å². The van der Waals surface area contributed by atoms with Gasteiger partial charge in [0.2, 0.25) is 10.0 Å². The highest BCUT2D eigenvalue weighted by molar-refractivity contribution is 7.89. The van der Waals surface area contributed by atoms with E-state index < -0.39 is 20.6 Å². The fourth-order valence-corrected chi connectivity index (χ4v) is 3.03. The Kier molecular flexibility index (Phi) is 6.06. The van der Waals surface area contributed by atoms with Crippen molar-refractivity contribution in [3.63, 3.8) is 0 Å². The zero-order valence-corrected chi connectivity index (χ0v) is 12.9. The van der Waals surface area contributed by atoms with Crippen LogP contribution in [0, 0.1) is 10.1 Å². The van der Waals surface area contributed by atoms with Crippen LogP contribution in [0.25, 0.3) is 0 Å². The van der Waals surface area contributed by atoms with Crippen molar-refractivity contribution in [2.24, 2.45) is 0 Å². The number of hydrogen-bond acceptors (Lipinski definition) is 6. The van der Waals surface area contributed by atoms with Crippen LogP contribution in [0.3, 0.4) is 0 Å². The molecule has 118 valence electrons. The molecule has 1 aromatic carbocycles. The molecular weight excluding hydrogens is 296 g/mol. The molecule has 0 atom stereocenters. The molecule has 0 saturated heterocycles. The summed E-state index contributed by atoms with van der Waals surface area (Å²) in [6.45, 7) is 6.28. The minimum atomic E-state index is -3.94. The van der Waals surface area contributed by atoms with Gasteiger partial charge in [-0.2, -0.15) is 0 Å². The number of hydrogen-bond donors (Lipinski definition) is 2. The predicted molar refractivity (Wildman–Crippen MR) is 80.5 cm³/mol. The highest BCUT2D eigenvalue weighted by Crippen LogP contribution is 2.25. The molecule has 0 aliphatic carbocycles. The van der Waals surface area contributed by atoms with Crippen LogP contribution in [0.5, 0.6) is 0 Å². The van der Waals surface area contributed by atoms with E-state index in [4.69, 9.17) is 5.73 Å². The molecule has 21 heavy (non-hydrogen) atoms. The van der Waals surface area contributed by atoms with Crippen LogP contribution >= 0.6 is 0 Å². The maximum Gasteiger partial charge on any atom is 0.291 e. The SMILES string of the molecule is CCN(CC)CCNS(=O)(=O)c1ccc(N)cc1[N+](=O)[O-]. The molecule has 8 nitrogen and oxygen atoms in total. The molecule has 0 aromatic heterocycles. The number of nitro groups is 1. The summed E-state index contributed by atoms with van der Waals surface area (Å²) in [4.78, 5) is 11.9. The van der Waals surface area contributed by atoms with Crippen molar-refractivity contribution >= 4 is 21.4 Å². The number of nitro benzene ring substituents is 1. The standard InChI is InChI=1S/C12H20N4O4S/c1-3-15(4-2)8-7-14-21(19,20)12-6-5-10(13)9-11(12)16(17)18/h5-6,9,14H,3-4,7-8,13H2,1-2H3. The van der Waals surface area contributed by atoms with E-state index in [9.17, 15) is 18.5 Å². The van der Waals surface area contributed by atoms with Crippen LogP contribution in [-0.2, 0) is 10.0 Å². The molecule has 0 aliphatic heterocycles. The molecular formula is C12H20N4O4S. The highest BCUT2D eigenvalue weighted by Gasteiger charge is 2.25. The first-order valence-corrected chi connectivity index (χ1v) is 8.06. The molecule has 0 bridgehead atoms. The van der Waals surface area contributed by atoms with Crippen molar-refractivity contribution in [1.82, 2.24) is 9.62 Å². The van der Waals surface area contributed by atoms with Gasteiger partial charge in [0.1, 0.15) is 0 Å². The summed E-state index contributed by atoms with van der Waals surface area (Å²) in [6, 6.07) is 3.51. The lowest BCUT2D eigenvalue weighted by Gasteiger charge is -2.18. The highest BCUT2D eigenvalue weighted by atomic mass is 32.2. The molecule has 0 amide bonds. The lowest BCUT2D eigenvalue weighted by Crippen LogP contribution is -2.35. The molecule has 1 rings (SSSR count). The Morgan fingerprint density at radius 3 is 2.48 bits per heavy atom. The summed E-state index contributed by atoms with van der Waals surface area (Å²) in [5.41, 5.74) is 5.08. The number of nitrogens with two attached hydrogens (primary N) is 1. The van der Waals surface area contributed by atoms with Crippen molar-refractivity contribution in [1.29, 1.82) is 0 Å². The monoisotopic (exact) mass is 316 g/mol. The first-order valence-electron chi connectivity index (χ1n) is 6.57. The average molecular weight is 316 g/mol. The van der Waals surface area contributed by atoms with Crippen molar-refractivity contribution < 1.29 is 13.3 Å². The van der Waals surface area contributed by atoms with E-state index in [2.05, 4.69) is 4.72 Å². The number of nitrogen functional groups attached to an aromatic ring is 1. The minimum absolute atomic E-state index is 0.142. The van der Waals surface area contributed by atoms with Gasteiger partial charge in [-0.25, -0.2) is 13.1 Å². The van der Waals surface area contributed by atoms with Crippen molar-refractivity contribution in [2.75, 3.05) is 31.9 Å². The Morgan fingerprint density at radius 1 is 1.33 bits per heavy atom. The van der Waals surface area contributed by atoms with Crippen LogP contribution in [0.2, 0.25) is 0 Å². The number of sulfonamides is 1. The molecule has 3 N–H and O–H groups in total. The molecule has 0 saturated carbocycles. The number of nitrogens with one attached hydrogen (secondary N) is 1. The quantitative estimate of drug-likeness (QED) is 0.416. The first kappa shape index (κ1) is 17.3. The summed E-state index contributed by atoms with van der Waals surface area (Å²) in [5.74, 6) is 0. The number of rotatable bonds is 8. The van der Waals surface area contributed by atoms with Crippen LogP contribution < -0.4 is 10.5 Å².